The van der Waals surface area contributed by atoms with E-state index in [9.17, 15) is 0 Å². The highest BCUT2D eigenvalue weighted by atomic mass is 16.5. The van der Waals surface area contributed by atoms with Crippen LogP contribution in [0.2, 0.25) is 0 Å². The molecule has 0 unspecified atom stereocenters. The van der Waals surface area contributed by atoms with Crippen molar-refractivity contribution in [1.82, 2.24) is 9.78 Å². The van der Waals surface area contributed by atoms with E-state index in [2.05, 4.69) is 16.9 Å². The Balaban J connectivity index is 2.01. The number of hydrogen-bond acceptors (Lipinski definition) is 3. The van der Waals surface area contributed by atoms with Gasteiger partial charge in [0.05, 0.1) is 6.20 Å². The van der Waals surface area contributed by atoms with Crippen molar-refractivity contribution in [2.45, 2.75) is 6.61 Å². The van der Waals surface area contributed by atoms with Gasteiger partial charge in [-0.3, -0.25) is 4.68 Å². The average molecular weight is 242 g/mol. The van der Waals surface area contributed by atoms with E-state index in [-0.39, 0.29) is 6.61 Å². The van der Waals surface area contributed by atoms with E-state index < -0.39 is 0 Å². The van der Waals surface area contributed by atoms with E-state index in [1.807, 2.05) is 37.5 Å². The molecule has 92 valence electrons. The molecule has 0 spiro atoms. The Bertz CT molecular complexity index is 579. The number of aliphatic hydroxyl groups excluding tert-OH is 1. The summed E-state index contributed by atoms with van der Waals surface area (Å²) in [6, 6.07) is 7.47. The summed E-state index contributed by atoms with van der Waals surface area (Å²) in [5.41, 5.74) is 1.84. The van der Waals surface area contributed by atoms with Crippen LogP contribution in [0, 0.1) is 11.8 Å². The highest BCUT2D eigenvalue weighted by molar-refractivity contribution is 5.39. The number of nitrogens with zero attached hydrogens (tertiary/aromatic N) is 2. The van der Waals surface area contributed by atoms with Gasteiger partial charge in [-0.25, -0.2) is 0 Å². The summed E-state index contributed by atoms with van der Waals surface area (Å²) >= 11 is 0. The van der Waals surface area contributed by atoms with Crippen LogP contribution >= 0.6 is 0 Å². The molecule has 0 saturated carbocycles. The van der Waals surface area contributed by atoms with Crippen LogP contribution < -0.4 is 4.74 Å². The van der Waals surface area contributed by atoms with Crippen molar-refractivity contribution in [3.63, 3.8) is 0 Å². The van der Waals surface area contributed by atoms with Crippen molar-refractivity contribution in [1.29, 1.82) is 0 Å². The number of aromatic nitrogens is 2. The van der Waals surface area contributed by atoms with E-state index in [4.69, 9.17) is 9.84 Å². The maximum absolute atomic E-state index is 8.64. The SMILES string of the molecule is Cn1cc(COc2cccc(C#CCO)c2)cn1. The Kier molecular flexibility index (Phi) is 4.00. The van der Waals surface area contributed by atoms with Crippen LogP contribution in [0.3, 0.4) is 0 Å². The minimum Gasteiger partial charge on any atom is -0.489 e. The van der Waals surface area contributed by atoms with Gasteiger partial charge in [-0.1, -0.05) is 17.9 Å². The van der Waals surface area contributed by atoms with Gasteiger partial charge in [-0.2, -0.15) is 5.10 Å². The van der Waals surface area contributed by atoms with Gasteiger partial charge < -0.3 is 9.84 Å². The summed E-state index contributed by atoms with van der Waals surface area (Å²) in [5.74, 6) is 6.20. The molecule has 4 nitrogen and oxygen atoms in total. The Morgan fingerprint density at radius 3 is 3.06 bits per heavy atom. The van der Waals surface area contributed by atoms with E-state index >= 15 is 0 Å². The van der Waals surface area contributed by atoms with Crippen molar-refractivity contribution in [2.75, 3.05) is 6.61 Å². The van der Waals surface area contributed by atoms with Crippen molar-refractivity contribution < 1.29 is 9.84 Å². The van der Waals surface area contributed by atoms with Gasteiger partial charge >= 0.3 is 0 Å². The van der Waals surface area contributed by atoms with Gasteiger partial charge in [-0.15, -0.1) is 0 Å². The molecule has 4 heteroatoms. The molecule has 1 heterocycles. The number of rotatable bonds is 3. The Hall–Kier alpha value is -2.25. The van der Waals surface area contributed by atoms with Crippen LogP contribution in [0.25, 0.3) is 0 Å². The lowest BCUT2D eigenvalue weighted by Gasteiger charge is -2.04. The molecule has 0 amide bonds. The summed E-state index contributed by atoms with van der Waals surface area (Å²) < 4.78 is 7.38. The lowest BCUT2D eigenvalue weighted by molar-refractivity contribution is 0.306. The van der Waals surface area contributed by atoms with Crippen LogP contribution in [0.5, 0.6) is 5.75 Å². The first kappa shape index (κ1) is 12.2. The molecule has 1 N–H and O–H groups in total. The number of benzene rings is 1. The Morgan fingerprint density at radius 2 is 2.33 bits per heavy atom. The molecule has 0 radical (unpaired) electrons. The van der Waals surface area contributed by atoms with E-state index in [1.165, 1.54) is 0 Å². The van der Waals surface area contributed by atoms with Crippen LogP contribution in [0.1, 0.15) is 11.1 Å². The molecule has 2 rings (SSSR count). The largest absolute Gasteiger partial charge is 0.489 e. The Labute approximate surface area is 106 Å². The minimum absolute atomic E-state index is 0.138. The van der Waals surface area contributed by atoms with Gasteiger partial charge in [0.1, 0.15) is 19.0 Å². The third-order valence-electron chi connectivity index (χ3n) is 2.31. The highest BCUT2D eigenvalue weighted by Crippen LogP contribution is 2.14. The maximum atomic E-state index is 8.64. The molecule has 0 aliphatic heterocycles. The molecule has 2 aromatic rings. The first-order chi connectivity index (χ1) is 8.78. The topological polar surface area (TPSA) is 47.3 Å². The first-order valence-electron chi connectivity index (χ1n) is 5.58. The zero-order valence-electron chi connectivity index (χ0n) is 10.1. The van der Waals surface area contributed by atoms with Gasteiger partial charge in [-0.05, 0) is 18.2 Å². The molecule has 1 aromatic heterocycles. The van der Waals surface area contributed by atoms with Crippen molar-refractivity contribution in [2.24, 2.45) is 7.05 Å². The van der Waals surface area contributed by atoms with Crippen LogP contribution in [0.4, 0.5) is 0 Å². The molecule has 0 atom stereocenters. The summed E-state index contributed by atoms with van der Waals surface area (Å²) in [7, 11) is 1.87. The fourth-order valence-corrected chi connectivity index (χ4v) is 1.52. The van der Waals surface area contributed by atoms with Gasteiger partial charge in [0.25, 0.3) is 0 Å². The number of aliphatic hydroxyl groups is 1. The zero-order chi connectivity index (χ0) is 12.8. The molecule has 0 fully saturated rings. The monoisotopic (exact) mass is 242 g/mol. The van der Waals surface area contributed by atoms with Crippen molar-refractivity contribution >= 4 is 0 Å². The van der Waals surface area contributed by atoms with Gasteiger partial charge in [0, 0.05) is 24.4 Å². The first-order valence-corrected chi connectivity index (χ1v) is 5.58. The fraction of sp³-hybridized carbons (Fsp3) is 0.214. The normalized spacial score (nSPS) is 9.67. The standard InChI is InChI=1S/C14H14N2O2/c1-16-10-13(9-15-16)11-18-14-6-2-4-12(8-14)5-3-7-17/h2,4,6,8-10,17H,7,11H2,1H3. The maximum Gasteiger partial charge on any atom is 0.121 e. The lowest BCUT2D eigenvalue weighted by atomic mass is 10.2. The second-order valence-corrected chi connectivity index (χ2v) is 3.80. The second kappa shape index (κ2) is 5.89. The number of aryl methyl sites for hydroxylation is 1. The summed E-state index contributed by atoms with van der Waals surface area (Å²) in [4.78, 5) is 0. The van der Waals surface area contributed by atoms with E-state index in [0.717, 1.165) is 16.9 Å². The molecular weight excluding hydrogens is 228 g/mol. The zero-order valence-corrected chi connectivity index (χ0v) is 10.1. The number of hydrogen-bond donors (Lipinski definition) is 1. The third-order valence-corrected chi connectivity index (χ3v) is 2.31. The molecule has 0 saturated heterocycles. The fourth-order valence-electron chi connectivity index (χ4n) is 1.52. The summed E-state index contributed by atoms with van der Waals surface area (Å²) in [6.45, 7) is 0.339. The van der Waals surface area contributed by atoms with Crippen LogP contribution in [0.15, 0.2) is 36.7 Å². The molecule has 1 aromatic carbocycles. The van der Waals surface area contributed by atoms with Gasteiger partial charge in [0.2, 0.25) is 0 Å². The van der Waals surface area contributed by atoms with E-state index in [1.54, 1.807) is 10.9 Å². The van der Waals surface area contributed by atoms with Crippen LogP contribution in [-0.2, 0) is 13.7 Å². The average Bonchev–Trinajstić information content (AvgIpc) is 2.80. The Morgan fingerprint density at radius 1 is 1.44 bits per heavy atom. The van der Waals surface area contributed by atoms with Crippen molar-refractivity contribution in [3.05, 3.63) is 47.8 Å². The molecule has 0 bridgehead atoms. The van der Waals surface area contributed by atoms with Crippen molar-refractivity contribution in [3.8, 4) is 17.6 Å². The van der Waals surface area contributed by atoms with Crippen LogP contribution in [-0.4, -0.2) is 21.5 Å². The lowest BCUT2D eigenvalue weighted by Crippen LogP contribution is -1.94. The number of ether oxygens (including phenoxy) is 1. The predicted molar refractivity (Wildman–Crippen MR) is 67.9 cm³/mol. The minimum atomic E-state index is -0.138. The highest BCUT2D eigenvalue weighted by Gasteiger charge is 1.98. The molecular formula is C14H14N2O2. The summed E-state index contributed by atoms with van der Waals surface area (Å²) in [5, 5.41) is 12.7. The smallest absolute Gasteiger partial charge is 0.121 e. The van der Waals surface area contributed by atoms with Gasteiger partial charge in [0.15, 0.2) is 0 Å². The molecule has 0 aliphatic rings. The second-order valence-electron chi connectivity index (χ2n) is 3.80. The predicted octanol–water partition coefficient (Wildman–Crippen LogP) is 1.34. The molecule has 18 heavy (non-hydrogen) atoms. The quantitative estimate of drug-likeness (QED) is 0.826. The molecule has 0 aliphatic carbocycles. The third kappa shape index (κ3) is 3.37. The van der Waals surface area contributed by atoms with E-state index in [0.29, 0.717) is 6.61 Å². The summed E-state index contributed by atoms with van der Waals surface area (Å²) in [6.07, 6.45) is 3.69.